The lowest BCUT2D eigenvalue weighted by atomic mass is 9.94. The highest BCUT2D eigenvalue weighted by molar-refractivity contribution is 7.99. The first kappa shape index (κ1) is 19.2. The highest BCUT2D eigenvalue weighted by atomic mass is 32.2. The second-order valence-electron chi connectivity index (χ2n) is 6.77. The summed E-state index contributed by atoms with van der Waals surface area (Å²) in [6.07, 6.45) is 2.38. The third-order valence-electron chi connectivity index (χ3n) is 4.41. The summed E-state index contributed by atoms with van der Waals surface area (Å²) < 4.78 is 5.50. The molecule has 3 rings (SSSR count). The minimum atomic E-state index is -0.498. The van der Waals surface area contributed by atoms with Crippen LogP contribution < -0.4 is 5.63 Å². The average Bonchev–Trinajstić information content (AvgIpc) is 2.58. The lowest BCUT2D eigenvalue weighted by molar-refractivity contribution is 0.430. The largest absolute Gasteiger partial charge is 0.507 e. The summed E-state index contributed by atoms with van der Waals surface area (Å²) in [7, 11) is 0. The summed E-state index contributed by atoms with van der Waals surface area (Å²) in [6, 6.07) is 9.55. The standard InChI is InChI=1S/C22H23NO3S/c1-13-9-14(2)20(15(3)10-13)21-19(24)11-17(26-22(21)25)7-8-27-18-6-5-16(4)23-12-18/h5-6,9-12,24H,7-8H2,1-4H3. The highest BCUT2D eigenvalue weighted by Crippen LogP contribution is 2.33. The van der Waals surface area contributed by atoms with Gasteiger partial charge in [0.15, 0.2) is 0 Å². The number of aromatic nitrogens is 1. The minimum Gasteiger partial charge on any atom is -0.507 e. The van der Waals surface area contributed by atoms with Gasteiger partial charge in [-0.05, 0) is 56.5 Å². The van der Waals surface area contributed by atoms with E-state index in [2.05, 4.69) is 4.98 Å². The van der Waals surface area contributed by atoms with Gasteiger partial charge in [0.25, 0.3) is 0 Å². The van der Waals surface area contributed by atoms with Crippen LogP contribution in [-0.2, 0) is 6.42 Å². The number of hydrogen-bond acceptors (Lipinski definition) is 5. The van der Waals surface area contributed by atoms with E-state index >= 15 is 0 Å². The Morgan fingerprint density at radius 3 is 2.33 bits per heavy atom. The van der Waals surface area contributed by atoms with Crippen LogP contribution in [0.3, 0.4) is 0 Å². The van der Waals surface area contributed by atoms with Gasteiger partial charge in [0.05, 0.1) is 0 Å². The molecule has 3 aromatic rings. The maximum absolute atomic E-state index is 12.6. The molecule has 2 aromatic heterocycles. The molecular formula is C22H23NO3S. The fourth-order valence-corrected chi connectivity index (χ4v) is 4.10. The summed E-state index contributed by atoms with van der Waals surface area (Å²) >= 11 is 1.64. The van der Waals surface area contributed by atoms with E-state index in [-0.39, 0.29) is 11.3 Å². The van der Waals surface area contributed by atoms with Crippen molar-refractivity contribution in [2.45, 2.75) is 39.0 Å². The molecule has 0 spiro atoms. The van der Waals surface area contributed by atoms with E-state index in [1.54, 1.807) is 17.8 Å². The average molecular weight is 381 g/mol. The van der Waals surface area contributed by atoms with Crippen molar-refractivity contribution in [1.29, 1.82) is 0 Å². The molecule has 1 N–H and O–H groups in total. The van der Waals surface area contributed by atoms with E-state index in [1.807, 2.05) is 58.2 Å². The molecule has 4 nitrogen and oxygen atoms in total. The monoisotopic (exact) mass is 381 g/mol. The highest BCUT2D eigenvalue weighted by Gasteiger charge is 2.17. The van der Waals surface area contributed by atoms with Crippen LogP contribution in [-0.4, -0.2) is 15.8 Å². The van der Waals surface area contributed by atoms with Gasteiger partial charge in [-0.2, -0.15) is 0 Å². The van der Waals surface area contributed by atoms with Gasteiger partial charge in [-0.25, -0.2) is 4.79 Å². The van der Waals surface area contributed by atoms with Gasteiger partial charge in [-0.1, -0.05) is 17.7 Å². The van der Waals surface area contributed by atoms with Crippen molar-refractivity contribution in [2.75, 3.05) is 5.75 Å². The Kier molecular flexibility index (Phi) is 5.71. The van der Waals surface area contributed by atoms with Crippen molar-refractivity contribution >= 4 is 11.8 Å². The summed E-state index contributed by atoms with van der Waals surface area (Å²) in [5.74, 6) is 1.18. The molecule has 0 amide bonds. The molecule has 0 aliphatic rings. The Morgan fingerprint density at radius 1 is 1.04 bits per heavy atom. The third kappa shape index (κ3) is 4.42. The van der Waals surface area contributed by atoms with Crippen LogP contribution in [0, 0.1) is 27.7 Å². The van der Waals surface area contributed by atoms with Crippen molar-refractivity contribution in [1.82, 2.24) is 4.98 Å². The lowest BCUT2D eigenvalue weighted by Gasteiger charge is -2.12. The second kappa shape index (κ2) is 8.01. The van der Waals surface area contributed by atoms with Crippen molar-refractivity contribution < 1.29 is 9.52 Å². The molecule has 0 unspecified atom stereocenters. The van der Waals surface area contributed by atoms with E-state index in [4.69, 9.17) is 4.42 Å². The van der Waals surface area contributed by atoms with Gasteiger partial charge in [0.2, 0.25) is 0 Å². The number of rotatable bonds is 5. The van der Waals surface area contributed by atoms with E-state index in [0.29, 0.717) is 12.2 Å². The van der Waals surface area contributed by atoms with Crippen LogP contribution in [0.5, 0.6) is 5.75 Å². The van der Waals surface area contributed by atoms with Gasteiger partial charge in [0, 0.05) is 35.0 Å². The molecule has 0 atom stereocenters. The first-order valence-electron chi connectivity index (χ1n) is 8.85. The van der Waals surface area contributed by atoms with Crippen LogP contribution >= 0.6 is 11.8 Å². The van der Waals surface area contributed by atoms with Crippen LogP contribution in [0.2, 0.25) is 0 Å². The number of aryl methyl sites for hydroxylation is 5. The molecular weight excluding hydrogens is 358 g/mol. The van der Waals surface area contributed by atoms with Crippen LogP contribution in [0.4, 0.5) is 0 Å². The molecule has 0 aliphatic heterocycles. The Bertz CT molecular complexity index is 1000. The fourth-order valence-electron chi connectivity index (χ4n) is 3.27. The maximum Gasteiger partial charge on any atom is 0.347 e. The number of aromatic hydroxyl groups is 1. The summed E-state index contributed by atoms with van der Waals surface area (Å²) in [4.78, 5) is 17.9. The molecule has 2 heterocycles. The first-order valence-corrected chi connectivity index (χ1v) is 9.83. The molecule has 0 saturated heterocycles. The SMILES string of the molecule is Cc1cc(C)c(-c2c(O)cc(CCSc3ccc(C)nc3)oc2=O)c(C)c1. The first-order chi connectivity index (χ1) is 12.8. The molecule has 0 radical (unpaired) electrons. The van der Waals surface area contributed by atoms with Crippen LogP contribution in [0.15, 0.2) is 50.6 Å². The molecule has 140 valence electrons. The van der Waals surface area contributed by atoms with E-state index in [9.17, 15) is 9.90 Å². The van der Waals surface area contributed by atoms with Crippen LogP contribution in [0.25, 0.3) is 11.1 Å². The smallest absolute Gasteiger partial charge is 0.347 e. The topological polar surface area (TPSA) is 63.3 Å². The predicted octanol–water partition coefficient (Wildman–Crippen LogP) is 4.98. The van der Waals surface area contributed by atoms with Crippen molar-refractivity contribution in [3.63, 3.8) is 0 Å². The van der Waals surface area contributed by atoms with Gasteiger partial charge in [-0.3, -0.25) is 4.98 Å². The Morgan fingerprint density at radius 2 is 1.74 bits per heavy atom. The molecule has 1 aromatic carbocycles. The fraction of sp³-hybridized carbons (Fsp3) is 0.273. The van der Waals surface area contributed by atoms with Crippen molar-refractivity contribution in [3.05, 3.63) is 75.1 Å². The zero-order valence-corrected chi connectivity index (χ0v) is 16.8. The molecule has 5 heteroatoms. The maximum atomic E-state index is 12.6. The number of pyridine rings is 1. The molecule has 0 bridgehead atoms. The number of hydrogen-bond donors (Lipinski definition) is 1. The molecule has 0 aliphatic carbocycles. The predicted molar refractivity (Wildman–Crippen MR) is 110 cm³/mol. The summed E-state index contributed by atoms with van der Waals surface area (Å²) in [6.45, 7) is 7.84. The normalized spacial score (nSPS) is 11.0. The number of thioether (sulfide) groups is 1. The number of nitrogens with zero attached hydrogens (tertiary/aromatic N) is 1. The van der Waals surface area contributed by atoms with Gasteiger partial charge in [0.1, 0.15) is 17.1 Å². The van der Waals surface area contributed by atoms with E-state index in [1.165, 1.54) is 0 Å². The quantitative estimate of drug-likeness (QED) is 0.632. The zero-order chi connectivity index (χ0) is 19.6. The summed E-state index contributed by atoms with van der Waals surface area (Å²) in [5.41, 5.74) is 4.49. The Balaban J connectivity index is 1.81. The number of benzene rings is 1. The second-order valence-corrected chi connectivity index (χ2v) is 7.94. The Hall–Kier alpha value is -2.53. The third-order valence-corrected chi connectivity index (χ3v) is 5.39. The van der Waals surface area contributed by atoms with Gasteiger partial charge < -0.3 is 9.52 Å². The lowest BCUT2D eigenvalue weighted by Crippen LogP contribution is -2.08. The molecule has 27 heavy (non-hydrogen) atoms. The Labute approximate surface area is 163 Å². The summed E-state index contributed by atoms with van der Waals surface area (Å²) in [5, 5.41) is 10.5. The van der Waals surface area contributed by atoms with E-state index in [0.717, 1.165) is 38.6 Å². The van der Waals surface area contributed by atoms with E-state index < -0.39 is 5.63 Å². The zero-order valence-electron chi connectivity index (χ0n) is 16.0. The van der Waals surface area contributed by atoms with Crippen molar-refractivity contribution in [2.24, 2.45) is 0 Å². The minimum absolute atomic E-state index is 0.0293. The van der Waals surface area contributed by atoms with Gasteiger partial charge in [-0.15, -0.1) is 11.8 Å². The van der Waals surface area contributed by atoms with Crippen molar-refractivity contribution in [3.8, 4) is 16.9 Å². The van der Waals surface area contributed by atoms with Gasteiger partial charge >= 0.3 is 5.63 Å². The van der Waals surface area contributed by atoms with Crippen LogP contribution in [0.1, 0.15) is 28.1 Å². The molecule has 0 saturated carbocycles. The molecule has 0 fully saturated rings.